The second-order valence-corrected chi connectivity index (χ2v) is 8.34. The van der Waals surface area contributed by atoms with Crippen LogP contribution in [0.25, 0.3) is 6.08 Å². The maximum Gasteiger partial charge on any atom is 0.338 e. The molecule has 33 heavy (non-hydrogen) atoms. The van der Waals surface area contributed by atoms with Crippen LogP contribution in [0.5, 0.6) is 11.5 Å². The van der Waals surface area contributed by atoms with Gasteiger partial charge in [0.05, 0.1) is 36.6 Å². The molecule has 8 nitrogen and oxygen atoms in total. The number of methoxy groups -OCH3 is 2. The largest absolute Gasteiger partial charge is 0.493 e. The molecule has 0 aliphatic carbocycles. The van der Waals surface area contributed by atoms with Crippen LogP contribution in [-0.2, 0) is 9.53 Å². The molecule has 0 radical (unpaired) electrons. The standard InChI is InChI=1S/C24H24N2O6S/c1-6-31-23(28)19-14(3)25-24-26(20(19)16-8-7-9-17(29-4)21(16)30-5)22(27)18(33-24)12-15-11-10-13(2)32-15/h7-12,20H,6H2,1-5H3. The Morgan fingerprint density at radius 1 is 1.21 bits per heavy atom. The van der Waals surface area contributed by atoms with E-state index in [2.05, 4.69) is 4.99 Å². The van der Waals surface area contributed by atoms with Crippen molar-refractivity contribution in [1.82, 2.24) is 4.57 Å². The Hall–Kier alpha value is -3.59. The highest BCUT2D eigenvalue weighted by molar-refractivity contribution is 7.07. The summed E-state index contributed by atoms with van der Waals surface area (Å²) < 4.78 is 24.0. The predicted molar refractivity (Wildman–Crippen MR) is 123 cm³/mol. The zero-order valence-electron chi connectivity index (χ0n) is 19.0. The molecule has 3 aromatic rings. The maximum absolute atomic E-state index is 13.6. The van der Waals surface area contributed by atoms with Crippen molar-refractivity contribution in [3.63, 3.8) is 0 Å². The van der Waals surface area contributed by atoms with Crippen LogP contribution in [0.2, 0.25) is 0 Å². The minimum absolute atomic E-state index is 0.194. The zero-order chi connectivity index (χ0) is 23.7. The van der Waals surface area contributed by atoms with Crippen LogP contribution < -0.4 is 24.4 Å². The Morgan fingerprint density at radius 3 is 2.64 bits per heavy atom. The second-order valence-electron chi connectivity index (χ2n) is 7.33. The van der Waals surface area contributed by atoms with E-state index in [0.29, 0.717) is 37.9 Å². The SMILES string of the molecule is CCOC(=O)C1=C(C)N=c2sc(=Cc3ccc(C)o3)c(=O)n2C1c1cccc(OC)c1OC. The average Bonchev–Trinajstić information content (AvgIpc) is 3.34. The first-order chi connectivity index (χ1) is 15.9. The number of hydrogen-bond donors (Lipinski definition) is 0. The van der Waals surface area contributed by atoms with Crippen molar-refractivity contribution < 1.29 is 23.4 Å². The van der Waals surface area contributed by atoms with Gasteiger partial charge in [0.25, 0.3) is 5.56 Å². The first kappa shape index (κ1) is 22.6. The summed E-state index contributed by atoms with van der Waals surface area (Å²) in [7, 11) is 3.05. The highest BCUT2D eigenvalue weighted by Crippen LogP contribution is 2.40. The molecule has 0 saturated carbocycles. The molecule has 3 heterocycles. The number of thiazole rings is 1. The first-order valence-electron chi connectivity index (χ1n) is 10.4. The number of furan rings is 1. The lowest BCUT2D eigenvalue weighted by Crippen LogP contribution is -2.40. The number of para-hydroxylation sites is 1. The van der Waals surface area contributed by atoms with E-state index >= 15 is 0 Å². The molecule has 0 N–H and O–H groups in total. The van der Waals surface area contributed by atoms with Gasteiger partial charge in [-0.15, -0.1) is 0 Å². The number of aryl methyl sites for hydroxylation is 1. The summed E-state index contributed by atoms with van der Waals surface area (Å²) in [5, 5.41) is 0. The minimum Gasteiger partial charge on any atom is -0.493 e. The lowest BCUT2D eigenvalue weighted by molar-refractivity contribution is -0.139. The van der Waals surface area contributed by atoms with Crippen molar-refractivity contribution in [2.45, 2.75) is 26.8 Å². The van der Waals surface area contributed by atoms with Gasteiger partial charge in [0.15, 0.2) is 16.3 Å². The summed E-state index contributed by atoms with van der Waals surface area (Å²) in [6.45, 7) is 5.50. The van der Waals surface area contributed by atoms with Gasteiger partial charge >= 0.3 is 5.97 Å². The van der Waals surface area contributed by atoms with Gasteiger partial charge in [-0.2, -0.15) is 0 Å². The zero-order valence-corrected chi connectivity index (χ0v) is 19.8. The van der Waals surface area contributed by atoms with Crippen molar-refractivity contribution in [2.75, 3.05) is 20.8 Å². The van der Waals surface area contributed by atoms with Crippen LogP contribution in [0.3, 0.4) is 0 Å². The summed E-state index contributed by atoms with van der Waals surface area (Å²) in [6.07, 6.45) is 1.68. The molecule has 2 aromatic heterocycles. The van der Waals surface area contributed by atoms with E-state index in [9.17, 15) is 9.59 Å². The third-order valence-corrected chi connectivity index (χ3v) is 6.26. The number of rotatable bonds is 6. The second kappa shape index (κ2) is 9.11. The van der Waals surface area contributed by atoms with E-state index in [0.717, 1.165) is 5.76 Å². The van der Waals surface area contributed by atoms with Crippen LogP contribution in [0.1, 0.15) is 37.0 Å². The molecule has 9 heteroatoms. The fourth-order valence-electron chi connectivity index (χ4n) is 3.87. The van der Waals surface area contributed by atoms with Crippen LogP contribution in [0, 0.1) is 6.92 Å². The van der Waals surface area contributed by atoms with Gasteiger partial charge < -0.3 is 18.6 Å². The Labute approximate surface area is 194 Å². The van der Waals surface area contributed by atoms with Gasteiger partial charge in [0.1, 0.15) is 17.6 Å². The van der Waals surface area contributed by atoms with Gasteiger partial charge in [0, 0.05) is 11.6 Å². The number of nitrogens with zero attached hydrogens (tertiary/aromatic N) is 2. The smallest absolute Gasteiger partial charge is 0.338 e. The number of esters is 1. The molecule has 0 spiro atoms. The van der Waals surface area contributed by atoms with Gasteiger partial charge in [-0.05, 0) is 39.0 Å². The molecule has 1 aliphatic heterocycles. The van der Waals surface area contributed by atoms with E-state index in [-0.39, 0.29) is 17.7 Å². The molecule has 4 rings (SSSR count). The number of allylic oxidation sites excluding steroid dienone is 1. The number of carbonyl (C=O) groups excluding carboxylic acids is 1. The molecule has 0 bridgehead atoms. The minimum atomic E-state index is -0.800. The summed E-state index contributed by atoms with van der Waals surface area (Å²) in [6, 6.07) is 8.17. The third-order valence-electron chi connectivity index (χ3n) is 5.28. The molecule has 0 amide bonds. The molecule has 172 valence electrons. The van der Waals surface area contributed by atoms with Gasteiger partial charge in [-0.1, -0.05) is 23.5 Å². The summed E-state index contributed by atoms with van der Waals surface area (Å²) in [5.41, 5.74) is 1.05. The first-order valence-corrected chi connectivity index (χ1v) is 11.2. The quantitative estimate of drug-likeness (QED) is 0.517. The van der Waals surface area contributed by atoms with Crippen molar-refractivity contribution >= 4 is 23.4 Å². The number of ether oxygens (including phenoxy) is 3. The number of benzene rings is 1. The number of fused-ring (bicyclic) bond motifs is 1. The van der Waals surface area contributed by atoms with Crippen molar-refractivity contribution in [2.24, 2.45) is 4.99 Å². The van der Waals surface area contributed by atoms with Gasteiger partial charge in [-0.3, -0.25) is 9.36 Å². The molecule has 1 aromatic carbocycles. The Kier molecular flexibility index (Phi) is 6.24. The van der Waals surface area contributed by atoms with Crippen LogP contribution in [0.4, 0.5) is 0 Å². The maximum atomic E-state index is 13.6. The van der Waals surface area contributed by atoms with E-state index in [1.165, 1.54) is 30.1 Å². The van der Waals surface area contributed by atoms with Crippen LogP contribution in [-0.4, -0.2) is 31.4 Å². The summed E-state index contributed by atoms with van der Waals surface area (Å²) in [5.74, 6) is 1.69. The van der Waals surface area contributed by atoms with Gasteiger partial charge in [0.2, 0.25) is 0 Å². The van der Waals surface area contributed by atoms with E-state index in [1.54, 1.807) is 44.2 Å². The van der Waals surface area contributed by atoms with Crippen LogP contribution >= 0.6 is 11.3 Å². The number of aromatic nitrogens is 1. The molecule has 0 saturated heterocycles. The molecule has 0 fully saturated rings. The Bertz CT molecular complexity index is 1430. The third kappa shape index (κ3) is 4.00. The highest BCUT2D eigenvalue weighted by Gasteiger charge is 2.35. The van der Waals surface area contributed by atoms with E-state index in [1.807, 2.05) is 13.0 Å². The average molecular weight is 469 g/mol. The lowest BCUT2D eigenvalue weighted by atomic mass is 9.94. The molecular weight excluding hydrogens is 444 g/mol. The molecule has 1 unspecified atom stereocenters. The Balaban J connectivity index is 2.02. The molecule has 1 atom stereocenters. The fourth-order valence-corrected chi connectivity index (χ4v) is 4.90. The lowest BCUT2D eigenvalue weighted by Gasteiger charge is -2.26. The van der Waals surface area contributed by atoms with Crippen molar-refractivity contribution in [3.05, 3.63) is 78.4 Å². The topological polar surface area (TPSA) is 92.3 Å². The van der Waals surface area contributed by atoms with E-state index in [4.69, 9.17) is 18.6 Å². The molecular formula is C24H24N2O6S. The monoisotopic (exact) mass is 468 g/mol. The normalized spacial score (nSPS) is 15.8. The van der Waals surface area contributed by atoms with Crippen LogP contribution in [0.15, 0.2) is 55.8 Å². The predicted octanol–water partition coefficient (Wildman–Crippen LogP) is 2.72. The van der Waals surface area contributed by atoms with Gasteiger partial charge in [-0.25, -0.2) is 9.79 Å². The molecule has 1 aliphatic rings. The van der Waals surface area contributed by atoms with E-state index < -0.39 is 12.0 Å². The summed E-state index contributed by atoms with van der Waals surface area (Å²) in [4.78, 5) is 31.6. The summed E-state index contributed by atoms with van der Waals surface area (Å²) >= 11 is 1.23. The fraction of sp³-hybridized carbons (Fsp3) is 0.292. The van der Waals surface area contributed by atoms with Crippen molar-refractivity contribution in [1.29, 1.82) is 0 Å². The van der Waals surface area contributed by atoms with Crippen molar-refractivity contribution in [3.8, 4) is 11.5 Å². The number of hydrogen-bond acceptors (Lipinski definition) is 8. The Morgan fingerprint density at radius 2 is 2.00 bits per heavy atom. The number of carbonyl (C=O) groups is 1. The highest BCUT2D eigenvalue weighted by atomic mass is 32.1.